The second kappa shape index (κ2) is 6.04. The average Bonchev–Trinajstić information content (AvgIpc) is 3.06. The van der Waals surface area contributed by atoms with Crippen LogP contribution < -0.4 is 5.56 Å². The highest BCUT2D eigenvalue weighted by molar-refractivity contribution is 9.18. The maximum atomic E-state index is 12.7. The third-order valence-corrected chi connectivity index (χ3v) is 4.87. The lowest BCUT2D eigenvalue weighted by Crippen LogP contribution is -2.23. The number of hydrogen-bond donors (Lipinski definition) is 0. The third kappa shape index (κ3) is 2.45. The van der Waals surface area contributed by atoms with Gasteiger partial charge in [-0.1, -0.05) is 19.8 Å². The van der Waals surface area contributed by atoms with Crippen LogP contribution in [0.4, 0.5) is 5.82 Å². The van der Waals surface area contributed by atoms with Crippen molar-refractivity contribution in [2.75, 3.05) is 6.26 Å². The van der Waals surface area contributed by atoms with Gasteiger partial charge in [0, 0.05) is 19.2 Å². The predicted octanol–water partition coefficient (Wildman–Crippen LogP) is 1.80. The van der Waals surface area contributed by atoms with Gasteiger partial charge in [-0.25, -0.2) is 9.39 Å². The summed E-state index contributed by atoms with van der Waals surface area (Å²) in [6, 6.07) is 0. The van der Waals surface area contributed by atoms with Crippen molar-refractivity contribution in [1.82, 2.24) is 19.2 Å². The van der Waals surface area contributed by atoms with E-state index in [0.29, 0.717) is 30.1 Å². The lowest BCUT2D eigenvalue weighted by molar-refractivity contribution is 0.601. The molecule has 2 aromatic heterocycles. The number of halogens is 1. The van der Waals surface area contributed by atoms with E-state index in [-0.39, 0.29) is 10.7 Å². The van der Waals surface area contributed by atoms with Gasteiger partial charge < -0.3 is 0 Å². The lowest BCUT2D eigenvalue weighted by Gasteiger charge is -2.12. The predicted molar refractivity (Wildman–Crippen MR) is 88.8 cm³/mol. The smallest absolute Gasteiger partial charge is 0.267 e. The molecule has 0 N–H and O–H groups in total. The van der Waals surface area contributed by atoms with E-state index in [9.17, 15) is 9.00 Å². The Kier molecular flexibility index (Phi) is 4.26. The van der Waals surface area contributed by atoms with E-state index in [1.807, 2.05) is 4.57 Å². The molecule has 9 heteroatoms. The van der Waals surface area contributed by atoms with Gasteiger partial charge in [0.25, 0.3) is 5.56 Å². The fourth-order valence-electron chi connectivity index (χ4n) is 2.60. The minimum atomic E-state index is -1.38. The summed E-state index contributed by atoms with van der Waals surface area (Å²) >= 11 is 3.37. The Bertz CT molecular complexity index is 854. The van der Waals surface area contributed by atoms with Gasteiger partial charge in [-0.2, -0.15) is 0 Å². The summed E-state index contributed by atoms with van der Waals surface area (Å²) in [5.74, 6) is 1.05. The molecule has 0 saturated heterocycles. The van der Waals surface area contributed by atoms with Crippen molar-refractivity contribution in [2.45, 2.75) is 44.3 Å². The minimum Gasteiger partial charge on any atom is -0.294 e. The molecule has 1 unspecified atom stereocenters. The molecule has 0 aromatic carbocycles. The molecule has 22 heavy (non-hydrogen) atoms. The molecule has 1 aliphatic rings. The zero-order chi connectivity index (χ0) is 15.9. The molecule has 0 radical (unpaired) electrons. The zero-order valence-electron chi connectivity index (χ0n) is 12.4. The largest absolute Gasteiger partial charge is 0.294 e. The highest BCUT2D eigenvalue weighted by Gasteiger charge is 2.26. The molecule has 0 aliphatic carbocycles. The summed E-state index contributed by atoms with van der Waals surface area (Å²) in [4.78, 5) is 17.1. The van der Waals surface area contributed by atoms with Gasteiger partial charge in [-0.15, -0.1) is 10.2 Å². The van der Waals surface area contributed by atoms with Crippen LogP contribution in [0.2, 0.25) is 0 Å². The van der Waals surface area contributed by atoms with Crippen LogP contribution in [0.3, 0.4) is 0 Å². The van der Waals surface area contributed by atoms with Crippen molar-refractivity contribution in [3.63, 3.8) is 0 Å². The highest BCUT2D eigenvalue weighted by Crippen LogP contribution is 2.28. The standard InChI is InChI=1S/C13H16BrN5O2S/c1-3-4-5-6-18-10-8(7-9(14)15-10)11(20)19-12(18)16-17-13(19)22(2)21/h3-7H2,1-2H3. The first-order valence-corrected chi connectivity index (χ1v) is 9.47. The number of rotatable bonds is 5. The fraction of sp³-hybridized carbons (Fsp3) is 0.538. The van der Waals surface area contributed by atoms with Crippen molar-refractivity contribution < 1.29 is 4.21 Å². The van der Waals surface area contributed by atoms with Gasteiger partial charge in [-0.05, 0) is 22.4 Å². The summed E-state index contributed by atoms with van der Waals surface area (Å²) < 4.78 is 15.8. The Morgan fingerprint density at radius 3 is 2.77 bits per heavy atom. The SMILES string of the molecule is CCCCCn1c2c(c(=O)n3c(S(C)=O)nnc13)CC(Br)=N2. The molecule has 0 spiro atoms. The second-order valence-electron chi connectivity index (χ2n) is 5.20. The molecule has 3 rings (SSSR count). The molecule has 3 heterocycles. The number of fused-ring (bicyclic) bond motifs is 2. The van der Waals surface area contributed by atoms with Crippen molar-refractivity contribution in [3.05, 3.63) is 15.9 Å². The molecule has 2 aromatic rings. The molecule has 0 saturated carbocycles. The van der Waals surface area contributed by atoms with E-state index in [1.165, 1.54) is 10.7 Å². The Morgan fingerprint density at radius 2 is 2.09 bits per heavy atom. The van der Waals surface area contributed by atoms with E-state index < -0.39 is 10.8 Å². The molecule has 7 nitrogen and oxygen atoms in total. The lowest BCUT2D eigenvalue weighted by atomic mass is 10.2. The van der Waals surface area contributed by atoms with Gasteiger partial charge in [0.15, 0.2) is 0 Å². The topological polar surface area (TPSA) is 81.6 Å². The molecular formula is C13H16BrN5O2S. The van der Waals surface area contributed by atoms with Gasteiger partial charge in [0.1, 0.15) is 5.82 Å². The molecule has 118 valence electrons. The van der Waals surface area contributed by atoms with Crippen molar-refractivity contribution in [2.24, 2.45) is 4.99 Å². The molecular weight excluding hydrogens is 370 g/mol. The van der Waals surface area contributed by atoms with Crippen LogP contribution >= 0.6 is 15.9 Å². The van der Waals surface area contributed by atoms with Crippen molar-refractivity contribution >= 4 is 42.9 Å². The average molecular weight is 386 g/mol. The maximum absolute atomic E-state index is 12.7. The molecule has 0 bridgehead atoms. The van der Waals surface area contributed by atoms with E-state index >= 15 is 0 Å². The number of hydrogen-bond acceptors (Lipinski definition) is 5. The summed E-state index contributed by atoms with van der Waals surface area (Å²) in [5.41, 5.74) is 0.368. The van der Waals surface area contributed by atoms with Crippen LogP contribution in [0.15, 0.2) is 14.9 Å². The van der Waals surface area contributed by atoms with Crippen LogP contribution in [-0.2, 0) is 23.8 Å². The third-order valence-electron chi connectivity index (χ3n) is 3.64. The first-order valence-electron chi connectivity index (χ1n) is 7.12. The summed E-state index contributed by atoms with van der Waals surface area (Å²) in [5, 5.41) is 8.21. The first-order chi connectivity index (χ1) is 10.5. The van der Waals surface area contributed by atoms with Crippen molar-refractivity contribution in [3.8, 4) is 0 Å². The normalized spacial score (nSPS) is 15.1. The number of nitrogens with zero attached hydrogens (tertiary/aromatic N) is 5. The van der Waals surface area contributed by atoms with Gasteiger partial charge in [0.05, 0.1) is 21.0 Å². The van der Waals surface area contributed by atoms with E-state index in [4.69, 9.17) is 0 Å². The van der Waals surface area contributed by atoms with Gasteiger partial charge in [-0.3, -0.25) is 13.6 Å². The van der Waals surface area contributed by atoms with Crippen molar-refractivity contribution in [1.29, 1.82) is 0 Å². The van der Waals surface area contributed by atoms with Crippen LogP contribution in [-0.4, -0.2) is 34.3 Å². The van der Waals surface area contributed by atoms with Crippen LogP contribution in [0.1, 0.15) is 31.7 Å². The summed E-state index contributed by atoms with van der Waals surface area (Å²) in [7, 11) is -1.38. The molecule has 1 atom stereocenters. The maximum Gasteiger partial charge on any atom is 0.267 e. The highest BCUT2D eigenvalue weighted by atomic mass is 79.9. The Labute approximate surface area is 138 Å². The number of aryl methyl sites for hydroxylation is 1. The molecule has 0 fully saturated rings. The quantitative estimate of drug-likeness (QED) is 0.734. The van der Waals surface area contributed by atoms with Gasteiger partial charge in [0.2, 0.25) is 10.9 Å². The molecule has 1 aliphatic heterocycles. The Hall–Kier alpha value is -1.35. The summed E-state index contributed by atoms with van der Waals surface area (Å²) in [6.45, 7) is 2.84. The van der Waals surface area contributed by atoms with E-state index in [1.54, 1.807) is 0 Å². The van der Waals surface area contributed by atoms with Crippen LogP contribution in [0, 0.1) is 0 Å². The Morgan fingerprint density at radius 1 is 1.32 bits per heavy atom. The molecule has 0 amide bonds. The Balaban J connectivity index is 2.26. The number of unbranched alkanes of at least 4 members (excludes halogenated alkanes) is 2. The number of aromatic nitrogens is 4. The monoisotopic (exact) mass is 385 g/mol. The van der Waals surface area contributed by atoms with Crippen LogP contribution in [0.5, 0.6) is 0 Å². The minimum absolute atomic E-state index is 0.190. The first kappa shape index (κ1) is 15.5. The van der Waals surface area contributed by atoms with Crippen LogP contribution in [0.25, 0.3) is 5.78 Å². The fourth-order valence-corrected chi connectivity index (χ4v) is 3.62. The van der Waals surface area contributed by atoms with E-state index in [0.717, 1.165) is 23.9 Å². The second-order valence-corrected chi connectivity index (χ2v) is 7.39. The number of aliphatic imine (C=N–C) groups is 1. The van der Waals surface area contributed by atoms with E-state index in [2.05, 4.69) is 38.0 Å². The summed E-state index contributed by atoms with van der Waals surface area (Å²) in [6.07, 6.45) is 5.09. The zero-order valence-corrected chi connectivity index (χ0v) is 14.8. The van der Waals surface area contributed by atoms with Gasteiger partial charge >= 0.3 is 0 Å².